The van der Waals surface area contributed by atoms with E-state index in [9.17, 15) is 0 Å². The second-order valence-electron chi connectivity index (χ2n) is 26.3. The first-order valence-corrected chi connectivity index (χ1v) is 33.8. The molecule has 16 aromatic rings. The molecular weight excluding hydrogens is 1150 g/mol. The van der Waals surface area contributed by atoms with Gasteiger partial charge in [0.25, 0.3) is 0 Å². The summed E-state index contributed by atoms with van der Waals surface area (Å²) in [5.74, 6) is 0. The highest BCUT2D eigenvalue weighted by Crippen LogP contribution is 2.32. The van der Waals surface area contributed by atoms with Gasteiger partial charge in [-0.3, -0.25) is 0 Å². The van der Waals surface area contributed by atoms with Gasteiger partial charge in [-0.1, -0.05) is 342 Å². The Morgan fingerprint density at radius 1 is 0.135 bits per heavy atom. The van der Waals surface area contributed by atoms with Crippen LogP contribution in [0.4, 0.5) is 0 Å². The van der Waals surface area contributed by atoms with Crippen molar-refractivity contribution in [1.82, 2.24) is 0 Å². The molecule has 0 unspecified atom stereocenters. The van der Waals surface area contributed by atoms with Crippen molar-refractivity contribution in [3.8, 4) is 22.3 Å². The van der Waals surface area contributed by atoms with E-state index in [1.165, 1.54) is 176 Å². The van der Waals surface area contributed by atoms with Crippen LogP contribution in [0.5, 0.6) is 0 Å². The maximum atomic E-state index is 2.27. The van der Waals surface area contributed by atoms with Crippen molar-refractivity contribution in [2.45, 2.75) is 96.9 Å². The minimum atomic E-state index is 1.29. The van der Waals surface area contributed by atoms with Gasteiger partial charge in [-0.25, -0.2) is 0 Å². The molecule has 0 radical (unpaired) electrons. The molecule has 0 bridgehead atoms. The van der Waals surface area contributed by atoms with Crippen molar-refractivity contribution >= 4 is 75.4 Å². The monoisotopic (exact) mass is 1240 g/mol. The van der Waals surface area contributed by atoms with Gasteiger partial charge < -0.3 is 0 Å². The molecule has 0 heterocycles. The van der Waals surface area contributed by atoms with Crippen LogP contribution in [0.25, 0.3) is 97.7 Å². The Balaban J connectivity index is 0.000000123. The molecule has 0 atom stereocenters. The fraction of sp³-hybridized carbons (Fsp3) is 0.146. The average molecular weight is 1250 g/mol. The minimum Gasteiger partial charge on any atom is -0.0616 e. The molecule has 0 spiro atoms. The van der Waals surface area contributed by atoms with Gasteiger partial charge in [-0.15, -0.1) is 0 Å². The lowest BCUT2D eigenvalue weighted by Gasteiger charge is -2.09. The molecule has 476 valence electrons. The molecule has 0 saturated heterocycles. The molecule has 0 aliphatic rings. The fourth-order valence-electron chi connectivity index (χ4n) is 12.6. The Morgan fingerprint density at radius 2 is 0.438 bits per heavy atom. The van der Waals surface area contributed by atoms with Gasteiger partial charge in [-0.05, 0) is 234 Å². The van der Waals surface area contributed by atoms with E-state index >= 15 is 0 Å². The molecule has 16 rings (SSSR count). The summed E-state index contributed by atoms with van der Waals surface area (Å²) in [5.41, 5.74) is 23.8. The number of benzene rings is 16. The van der Waals surface area contributed by atoms with Crippen LogP contribution in [0, 0.1) is 96.9 Å². The van der Waals surface area contributed by atoms with E-state index in [1.54, 1.807) is 0 Å². The third-order valence-electron chi connectivity index (χ3n) is 18.1. The van der Waals surface area contributed by atoms with E-state index in [4.69, 9.17) is 0 Å². The van der Waals surface area contributed by atoms with Crippen molar-refractivity contribution in [3.63, 3.8) is 0 Å². The summed E-state index contributed by atoms with van der Waals surface area (Å²) >= 11 is 0. The standard InChI is InChI=1S/2C18H16.5C12H12/c1-13-4-3-5-15(10-13)18-9-8-16-11-14(2)6-7-17(16)12-18;1-13-7-10-15(11-8-13)17-12-9-14(2)16-5-3-4-6-18(16)17;1-9-3-5-12-8-10(2)4-6-11(12)7-9;1-9-3-5-11-6-4-10(2)8-12(11)7-9;1-9-5-3-8-12-10(2)6-4-7-11(9)12;1-9-6-7-12-10(2)4-3-5-11(12)8-9;1-9-7-8-10(2)12-6-4-3-5-11(9)12/h2*3-12H,1-2H3;5*3-8H,1-2H3. The average Bonchev–Trinajstić information content (AvgIpc) is 0.820. The summed E-state index contributed by atoms with van der Waals surface area (Å²) < 4.78 is 0. The minimum absolute atomic E-state index is 1.29. The molecule has 0 saturated carbocycles. The summed E-state index contributed by atoms with van der Waals surface area (Å²) in [6, 6.07) is 109. The van der Waals surface area contributed by atoms with E-state index in [1.807, 2.05) is 0 Å². The molecule has 0 amide bonds. The molecule has 0 heteroatoms. The third kappa shape index (κ3) is 17.8. The first-order chi connectivity index (χ1) is 46.3. The molecule has 0 aliphatic carbocycles. The van der Waals surface area contributed by atoms with Crippen LogP contribution in [0.1, 0.15) is 77.9 Å². The third-order valence-corrected chi connectivity index (χ3v) is 18.1. The Hall–Kier alpha value is -10.7. The second-order valence-corrected chi connectivity index (χ2v) is 26.3. The maximum Gasteiger partial charge on any atom is -0.0103 e. The number of fused-ring (bicyclic) bond motifs is 7. The van der Waals surface area contributed by atoms with Crippen molar-refractivity contribution in [3.05, 3.63) is 381 Å². The Labute approximate surface area is 572 Å². The predicted octanol–water partition coefficient (Wildman–Crippen LogP) is 27.5. The van der Waals surface area contributed by atoms with Crippen LogP contribution >= 0.6 is 0 Å². The SMILES string of the molecule is Cc1ccc(-c2ccc(C)c3ccccc23)cc1.Cc1ccc(C)c2ccccc12.Cc1ccc2c(C)cccc2c1.Cc1ccc2cc(C)ccc2c1.Cc1ccc2ccc(C)cc2c1.Cc1cccc(-c2ccc3cc(C)ccc3c2)c1.Cc1cccc2c(C)cccc12. The quantitative estimate of drug-likeness (QED) is 0.162. The molecule has 0 fully saturated rings. The molecule has 16 aromatic carbocycles. The van der Waals surface area contributed by atoms with Crippen LogP contribution < -0.4 is 0 Å². The molecule has 0 aromatic heterocycles. The van der Waals surface area contributed by atoms with Crippen LogP contribution in [-0.2, 0) is 0 Å². The zero-order valence-electron chi connectivity index (χ0n) is 58.9. The van der Waals surface area contributed by atoms with Gasteiger partial charge in [0.05, 0.1) is 0 Å². The van der Waals surface area contributed by atoms with Gasteiger partial charge in [-0.2, -0.15) is 0 Å². The van der Waals surface area contributed by atoms with Crippen LogP contribution in [0.3, 0.4) is 0 Å². The first-order valence-electron chi connectivity index (χ1n) is 33.8. The first kappa shape index (κ1) is 68.2. The fourth-order valence-corrected chi connectivity index (χ4v) is 12.6. The number of aryl methyl sites for hydroxylation is 14. The van der Waals surface area contributed by atoms with Gasteiger partial charge in [0.2, 0.25) is 0 Å². The molecule has 0 nitrogen and oxygen atoms in total. The zero-order chi connectivity index (χ0) is 67.8. The van der Waals surface area contributed by atoms with Crippen molar-refractivity contribution in [2.24, 2.45) is 0 Å². The molecular formula is C96H92. The molecule has 0 aliphatic heterocycles. The van der Waals surface area contributed by atoms with Crippen LogP contribution in [0.2, 0.25) is 0 Å². The van der Waals surface area contributed by atoms with E-state index in [2.05, 4.69) is 400 Å². The van der Waals surface area contributed by atoms with Gasteiger partial charge in [0.15, 0.2) is 0 Å². The molecule has 96 heavy (non-hydrogen) atoms. The van der Waals surface area contributed by atoms with Gasteiger partial charge in [0, 0.05) is 0 Å². The van der Waals surface area contributed by atoms with E-state index in [0.29, 0.717) is 0 Å². The summed E-state index contributed by atoms with van der Waals surface area (Å²) in [6.45, 7) is 30.0. The number of hydrogen-bond donors (Lipinski definition) is 0. The second kappa shape index (κ2) is 32.0. The topological polar surface area (TPSA) is 0 Å². The van der Waals surface area contributed by atoms with E-state index in [-0.39, 0.29) is 0 Å². The van der Waals surface area contributed by atoms with Gasteiger partial charge >= 0.3 is 0 Å². The largest absolute Gasteiger partial charge is 0.0616 e. The summed E-state index contributed by atoms with van der Waals surface area (Å²) in [4.78, 5) is 0. The van der Waals surface area contributed by atoms with E-state index in [0.717, 1.165) is 0 Å². The Morgan fingerprint density at radius 3 is 0.917 bits per heavy atom. The molecule has 0 N–H and O–H groups in total. The lowest BCUT2D eigenvalue weighted by molar-refractivity contribution is 1.46. The van der Waals surface area contributed by atoms with Gasteiger partial charge in [0.1, 0.15) is 0 Å². The van der Waals surface area contributed by atoms with Crippen LogP contribution in [-0.4, -0.2) is 0 Å². The van der Waals surface area contributed by atoms with Crippen molar-refractivity contribution < 1.29 is 0 Å². The van der Waals surface area contributed by atoms with Crippen LogP contribution in [0.15, 0.2) is 303 Å². The highest BCUT2D eigenvalue weighted by molar-refractivity contribution is 5.99. The number of hydrogen-bond acceptors (Lipinski definition) is 0. The number of rotatable bonds is 2. The maximum absolute atomic E-state index is 2.27. The summed E-state index contributed by atoms with van der Waals surface area (Å²) in [7, 11) is 0. The summed E-state index contributed by atoms with van der Waals surface area (Å²) in [5, 5.41) is 18.8. The lowest BCUT2D eigenvalue weighted by Crippen LogP contribution is -1.84. The van der Waals surface area contributed by atoms with Crippen molar-refractivity contribution in [2.75, 3.05) is 0 Å². The van der Waals surface area contributed by atoms with Crippen molar-refractivity contribution in [1.29, 1.82) is 0 Å². The highest BCUT2D eigenvalue weighted by Gasteiger charge is 2.07. The Bertz CT molecular complexity index is 5120. The predicted molar refractivity (Wildman–Crippen MR) is 425 cm³/mol. The normalized spacial score (nSPS) is 10.6. The van der Waals surface area contributed by atoms with E-state index < -0.39 is 0 Å². The highest BCUT2D eigenvalue weighted by atomic mass is 14.1. The Kier molecular flexibility index (Phi) is 22.7. The smallest absolute Gasteiger partial charge is 0.0103 e. The zero-order valence-corrected chi connectivity index (χ0v) is 58.9. The lowest BCUT2D eigenvalue weighted by atomic mass is 9.95. The summed E-state index contributed by atoms with van der Waals surface area (Å²) in [6.07, 6.45) is 0.